The minimum Gasteiger partial charge on any atom is -0.337 e. The topological polar surface area (TPSA) is 35.9 Å². The Labute approximate surface area is 169 Å². The number of likely N-dealkylation sites (N-methyl/N-ethyl adjacent to an activating group) is 1. The molecule has 0 unspecified atom stereocenters. The van der Waals surface area contributed by atoms with E-state index in [9.17, 15) is 4.79 Å². The molecule has 2 aromatic rings. The van der Waals surface area contributed by atoms with Gasteiger partial charge in [0.1, 0.15) is 4.91 Å². The third-order valence-electron chi connectivity index (χ3n) is 4.18. The average Bonchev–Trinajstić information content (AvgIpc) is 3.14. The van der Waals surface area contributed by atoms with Crippen LogP contribution in [0.15, 0.2) is 72.8 Å². The molecule has 0 radical (unpaired) electrons. The molecule has 2 aliphatic rings. The third-order valence-corrected chi connectivity index (χ3v) is 7.28. The summed E-state index contributed by atoms with van der Waals surface area (Å²) < 4.78 is 0.914. The number of amides is 1. The fourth-order valence-corrected chi connectivity index (χ4v) is 5.62. The predicted molar refractivity (Wildman–Crippen MR) is 114 cm³/mol. The van der Waals surface area contributed by atoms with Crippen molar-refractivity contribution in [2.75, 3.05) is 18.5 Å². The van der Waals surface area contributed by atoms with Gasteiger partial charge >= 0.3 is 0 Å². The van der Waals surface area contributed by atoms with Crippen LogP contribution in [0.25, 0.3) is 0 Å². The van der Waals surface area contributed by atoms with Gasteiger partial charge in [-0.1, -0.05) is 36.0 Å². The minimum absolute atomic E-state index is 0.0189. The fraction of sp³-hybridized carbons (Fsp3) is 0.158. The van der Waals surface area contributed by atoms with E-state index < -0.39 is 0 Å². The molecule has 26 heavy (non-hydrogen) atoms. The monoisotopic (exact) mass is 445 g/mol. The van der Waals surface area contributed by atoms with Crippen LogP contribution in [0.4, 0.5) is 11.4 Å². The van der Waals surface area contributed by atoms with E-state index in [1.165, 1.54) is 16.7 Å². The number of thioether (sulfide) groups is 2. The van der Waals surface area contributed by atoms with Crippen LogP contribution in [-0.2, 0) is 4.79 Å². The van der Waals surface area contributed by atoms with Gasteiger partial charge < -0.3 is 4.90 Å². The number of fused-ring (bicyclic) bond motifs is 1. The Morgan fingerprint density at radius 1 is 1.08 bits per heavy atom. The van der Waals surface area contributed by atoms with Crippen molar-refractivity contribution in [3.05, 3.63) is 62.9 Å². The van der Waals surface area contributed by atoms with Crippen molar-refractivity contribution in [3.63, 3.8) is 0 Å². The highest BCUT2D eigenvalue weighted by Gasteiger charge is 2.38. The van der Waals surface area contributed by atoms with Crippen LogP contribution < -0.4 is 4.90 Å². The largest absolute Gasteiger partial charge is 0.337 e. The Morgan fingerprint density at radius 2 is 1.81 bits per heavy atom. The number of hydrogen-bond donors (Lipinski definition) is 0. The summed E-state index contributed by atoms with van der Waals surface area (Å²) in [5, 5.41) is 1.69. The van der Waals surface area contributed by atoms with Gasteiger partial charge in [-0.2, -0.15) is 0 Å². The Hall–Kier alpha value is -1.70. The van der Waals surface area contributed by atoms with Gasteiger partial charge in [-0.25, -0.2) is 4.99 Å². The lowest BCUT2D eigenvalue weighted by Crippen LogP contribution is -2.29. The van der Waals surface area contributed by atoms with E-state index >= 15 is 0 Å². The molecule has 0 spiro atoms. The van der Waals surface area contributed by atoms with Crippen LogP contribution in [-0.4, -0.2) is 29.6 Å². The van der Waals surface area contributed by atoms with Crippen molar-refractivity contribution in [1.29, 1.82) is 0 Å². The smallest absolute Gasteiger partial charge is 0.269 e. The van der Waals surface area contributed by atoms with Crippen LogP contribution in [0.2, 0.25) is 0 Å². The van der Waals surface area contributed by atoms with Crippen molar-refractivity contribution >= 4 is 61.9 Å². The lowest BCUT2D eigenvalue weighted by Gasteiger charge is -2.15. The van der Waals surface area contributed by atoms with E-state index in [1.807, 2.05) is 50.4 Å². The quantitative estimate of drug-likeness (QED) is 0.576. The number of anilines is 1. The van der Waals surface area contributed by atoms with Crippen molar-refractivity contribution in [2.24, 2.45) is 4.99 Å². The van der Waals surface area contributed by atoms with Gasteiger partial charge in [0, 0.05) is 23.0 Å². The molecule has 0 N–H and O–H groups in total. The second-order valence-electron chi connectivity index (χ2n) is 5.76. The SMILES string of the molecule is CCN1C(=O)C(=C2Sc3ccccc3N2C)SC1=Nc1ccccc1Br. The summed E-state index contributed by atoms with van der Waals surface area (Å²) in [6.45, 7) is 2.56. The van der Waals surface area contributed by atoms with Gasteiger partial charge in [-0.15, -0.1) is 0 Å². The van der Waals surface area contributed by atoms with Gasteiger partial charge in [0.15, 0.2) is 5.17 Å². The average molecular weight is 446 g/mol. The highest BCUT2D eigenvalue weighted by molar-refractivity contribution is 9.10. The molecule has 0 aromatic heterocycles. The van der Waals surface area contributed by atoms with Gasteiger partial charge in [-0.3, -0.25) is 9.69 Å². The van der Waals surface area contributed by atoms with Gasteiger partial charge in [-0.05, 0) is 58.9 Å². The van der Waals surface area contributed by atoms with Crippen molar-refractivity contribution in [2.45, 2.75) is 11.8 Å². The molecule has 0 saturated carbocycles. The maximum absolute atomic E-state index is 13.0. The number of nitrogens with zero attached hydrogens (tertiary/aromatic N) is 3. The van der Waals surface area contributed by atoms with Gasteiger partial charge in [0.2, 0.25) is 0 Å². The van der Waals surface area contributed by atoms with Crippen LogP contribution in [0, 0.1) is 0 Å². The molecule has 1 amide bonds. The zero-order valence-electron chi connectivity index (χ0n) is 14.3. The van der Waals surface area contributed by atoms with Gasteiger partial charge in [0.25, 0.3) is 5.91 Å². The number of aliphatic imine (C=N–C) groups is 1. The highest BCUT2D eigenvalue weighted by Crippen LogP contribution is 2.50. The summed E-state index contributed by atoms with van der Waals surface area (Å²) >= 11 is 6.62. The zero-order valence-corrected chi connectivity index (χ0v) is 17.5. The second kappa shape index (κ2) is 7.13. The number of amidine groups is 1. The molecular weight excluding hydrogens is 430 g/mol. The fourth-order valence-electron chi connectivity index (χ4n) is 2.84. The molecule has 7 heteroatoms. The number of hydrogen-bond acceptors (Lipinski definition) is 5. The molecule has 1 fully saturated rings. The van der Waals surface area contributed by atoms with E-state index in [1.54, 1.807) is 16.7 Å². The van der Waals surface area contributed by atoms with Crippen molar-refractivity contribution in [3.8, 4) is 0 Å². The molecule has 2 heterocycles. The first-order chi connectivity index (χ1) is 12.6. The molecule has 0 atom stereocenters. The molecule has 0 bridgehead atoms. The van der Waals surface area contributed by atoms with Crippen LogP contribution >= 0.6 is 39.5 Å². The number of halogens is 1. The number of carbonyl (C=O) groups is 1. The first-order valence-electron chi connectivity index (χ1n) is 8.18. The van der Waals surface area contributed by atoms with Crippen molar-refractivity contribution in [1.82, 2.24) is 4.90 Å². The van der Waals surface area contributed by atoms with E-state index in [4.69, 9.17) is 4.99 Å². The van der Waals surface area contributed by atoms with Crippen LogP contribution in [0.3, 0.4) is 0 Å². The first kappa shape index (κ1) is 17.7. The normalized spacial score (nSPS) is 21.0. The van der Waals surface area contributed by atoms with E-state index in [2.05, 4.69) is 33.0 Å². The van der Waals surface area contributed by atoms with E-state index in [0.29, 0.717) is 6.54 Å². The number of carbonyl (C=O) groups excluding carboxylic acids is 1. The summed E-state index contributed by atoms with van der Waals surface area (Å²) in [5.74, 6) is 0.0189. The minimum atomic E-state index is 0.0189. The lowest BCUT2D eigenvalue weighted by molar-refractivity contribution is -0.122. The Kier molecular flexibility index (Phi) is 4.86. The summed E-state index contributed by atoms with van der Waals surface area (Å²) in [7, 11) is 2.01. The Bertz CT molecular complexity index is 957. The summed E-state index contributed by atoms with van der Waals surface area (Å²) in [4.78, 5) is 23.5. The number of benzene rings is 2. The molecule has 4 nitrogen and oxygen atoms in total. The number of para-hydroxylation sites is 2. The molecule has 4 rings (SSSR count). The molecular formula is C19H16BrN3OS2. The summed E-state index contributed by atoms with van der Waals surface area (Å²) in [5.41, 5.74) is 1.95. The predicted octanol–water partition coefficient (Wildman–Crippen LogP) is 5.44. The first-order valence-corrected chi connectivity index (χ1v) is 10.6. The second-order valence-corrected chi connectivity index (χ2v) is 8.62. The number of rotatable bonds is 2. The molecule has 0 aliphatic carbocycles. The highest BCUT2D eigenvalue weighted by atomic mass is 79.9. The Morgan fingerprint density at radius 3 is 2.54 bits per heavy atom. The standard InChI is InChI=1S/C19H16BrN3OS2/c1-3-23-17(24)16(18-22(2)14-10-6-7-11-15(14)25-18)26-19(23)21-13-9-5-4-8-12(13)20/h4-11H,3H2,1-2H3. The zero-order chi connectivity index (χ0) is 18.3. The Balaban J connectivity index is 1.75. The van der Waals surface area contributed by atoms with E-state index in [-0.39, 0.29) is 5.91 Å². The van der Waals surface area contributed by atoms with Crippen LogP contribution in [0.1, 0.15) is 6.92 Å². The maximum atomic E-state index is 13.0. The molecule has 1 saturated heterocycles. The van der Waals surface area contributed by atoms with Crippen LogP contribution in [0.5, 0.6) is 0 Å². The molecule has 132 valence electrons. The lowest BCUT2D eigenvalue weighted by atomic mass is 10.3. The maximum Gasteiger partial charge on any atom is 0.269 e. The summed E-state index contributed by atoms with van der Waals surface area (Å²) in [6.07, 6.45) is 0. The molecule has 2 aliphatic heterocycles. The van der Waals surface area contributed by atoms with Gasteiger partial charge in [0.05, 0.1) is 16.4 Å². The summed E-state index contributed by atoms with van der Waals surface area (Å²) in [6, 6.07) is 16.0. The van der Waals surface area contributed by atoms with E-state index in [0.717, 1.165) is 30.9 Å². The third kappa shape index (κ3) is 2.98. The molecule has 2 aromatic carbocycles. The van der Waals surface area contributed by atoms with Crippen molar-refractivity contribution < 1.29 is 4.79 Å².